The Hall–Kier alpha value is -2.75. The molecule has 9 nitrogen and oxygen atoms in total. The summed E-state index contributed by atoms with van der Waals surface area (Å²) >= 11 is 0. The van der Waals surface area contributed by atoms with Crippen LogP contribution in [0, 0.1) is 23.1 Å². The van der Waals surface area contributed by atoms with Gasteiger partial charge in [-0.3, -0.25) is 9.59 Å². The molecule has 2 aliphatic heterocycles. The number of rotatable bonds is 12. The number of carbonyl (C=O) groups is 2. The van der Waals surface area contributed by atoms with E-state index in [1.165, 1.54) is 36.4 Å². The molecule has 4 atom stereocenters. The van der Waals surface area contributed by atoms with Crippen molar-refractivity contribution >= 4 is 23.3 Å². The van der Waals surface area contributed by atoms with E-state index in [-0.39, 0.29) is 46.2 Å². The second-order valence-electron chi connectivity index (χ2n) is 11.6. The van der Waals surface area contributed by atoms with Crippen molar-refractivity contribution in [1.82, 2.24) is 30.1 Å². The van der Waals surface area contributed by atoms with E-state index in [4.69, 9.17) is 5.73 Å². The van der Waals surface area contributed by atoms with Crippen LogP contribution < -0.4 is 16.4 Å². The van der Waals surface area contributed by atoms with E-state index >= 15 is 0 Å². The Bertz CT molecular complexity index is 1140. The SMILES string of the molecule is CCCCCCCC(CCC)C1(C2CCN(C)C(=O)C2)CCNCC1NC(=O)c1c(N)nn2cc(F)cnc12. The van der Waals surface area contributed by atoms with Crippen molar-refractivity contribution in [3.63, 3.8) is 0 Å². The Morgan fingerprint density at radius 1 is 1.26 bits per heavy atom. The third-order valence-corrected chi connectivity index (χ3v) is 9.21. The van der Waals surface area contributed by atoms with Gasteiger partial charge in [0.1, 0.15) is 5.56 Å². The monoisotopic (exact) mass is 543 g/mol. The van der Waals surface area contributed by atoms with Crippen molar-refractivity contribution in [2.45, 2.75) is 90.5 Å². The Morgan fingerprint density at radius 2 is 2.05 bits per heavy atom. The van der Waals surface area contributed by atoms with Gasteiger partial charge in [0.25, 0.3) is 5.91 Å². The first-order valence-corrected chi connectivity index (χ1v) is 14.9. The minimum Gasteiger partial charge on any atom is -0.381 e. The normalized spacial score (nSPS) is 24.7. The number of amides is 2. The maximum absolute atomic E-state index is 13.8. The second kappa shape index (κ2) is 13.1. The van der Waals surface area contributed by atoms with E-state index in [0.29, 0.717) is 18.9 Å². The molecule has 2 aromatic rings. The molecule has 2 aromatic heterocycles. The molecule has 2 fully saturated rings. The lowest BCUT2D eigenvalue weighted by atomic mass is 9.54. The van der Waals surface area contributed by atoms with Crippen LogP contribution in [0.3, 0.4) is 0 Å². The molecular weight excluding hydrogens is 497 g/mol. The van der Waals surface area contributed by atoms with Gasteiger partial charge < -0.3 is 21.3 Å². The zero-order valence-corrected chi connectivity index (χ0v) is 23.8. The first-order chi connectivity index (χ1) is 18.8. The van der Waals surface area contributed by atoms with Crippen LogP contribution in [-0.4, -0.2) is 64.0 Å². The molecular formula is C29H46FN7O2. The summed E-state index contributed by atoms with van der Waals surface area (Å²) < 4.78 is 15.0. The molecule has 2 aliphatic rings. The average Bonchev–Trinajstić information content (AvgIpc) is 3.24. The van der Waals surface area contributed by atoms with Crippen LogP contribution >= 0.6 is 0 Å². The number of anilines is 1. The van der Waals surface area contributed by atoms with Crippen molar-refractivity contribution in [3.8, 4) is 0 Å². The van der Waals surface area contributed by atoms with Gasteiger partial charge in [0.2, 0.25) is 5.91 Å². The molecule has 2 amide bonds. The van der Waals surface area contributed by atoms with E-state index < -0.39 is 5.82 Å². The van der Waals surface area contributed by atoms with E-state index in [1.54, 1.807) is 0 Å². The van der Waals surface area contributed by atoms with Gasteiger partial charge in [-0.25, -0.2) is 13.9 Å². The highest BCUT2D eigenvalue weighted by Gasteiger charge is 2.53. The Morgan fingerprint density at radius 3 is 2.79 bits per heavy atom. The molecule has 2 saturated heterocycles. The second-order valence-corrected chi connectivity index (χ2v) is 11.6. The zero-order valence-electron chi connectivity index (χ0n) is 23.8. The van der Waals surface area contributed by atoms with Crippen molar-refractivity contribution in [3.05, 3.63) is 23.8 Å². The van der Waals surface area contributed by atoms with Crippen molar-refractivity contribution in [2.75, 3.05) is 32.4 Å². The Labute approximate surface area is 231 Å². The van der Waals surface area contributed by atoms with E-state index in [2.05, 4.69) is 34.6 Å². The van der Waals surface area contributed by atoms with Crippen LogP contribution in [0.2, 0.25) is 0 Å². The molecule has 0 spiro atoms. The predicted molar refractivity (Wildman–Crippen MR) is 151 cm³/mol. The summed E-state index contributed by atoms with van der Waals surface area (Å²) in [6, 6.07) is -0.179. The number of likely N-dealkylation sites (tertiary alicyclic amines) is 1. The molecule has 4 heterocycles. The fraction of sp³-hybridized carbons (Fsp3) is 0.724. The largest absolute Gasteiger partial charge is 0.381 e. The number of hydrogen-bond donors (Lipinski definition) is 3. The van der Waals surface area contributed by atoms with Crippen LogP contribution in [0.15, 0.2) is 12.4 Å². The molecule has 10 heteroatoms. The third kappa shape index (κ3) is 6.21. The molecule has 0 bridgehead atoms. The minimum absolute atomic E-state index is 0.0236. The number of nitrogen functional groups attached to an aromatic ring is 1. The van der Waals surface area contributed by atoms with Crippen LogP contribution in [0.25, 0.3) is 5.65 Å². The number of nitrogens with two attached hydrogens (primary N) is 1. The highest BCUT2D eigenvalue weighted by Crippen LogP contribution is 2.51. The fourth-order valence-electron chi connectivity index (χ4n) is 7.22. The summed E-state index contributed by atoms with van der Waals surface area (Å²) in [5.41, 5.74) is 6.33. The molecule has 4 N–H and O–H groups in total. The smallest absolute Gasteiger partial charge is 0.259 e. The summed E-state index contributed by atoms with van der Waals surface area (Å²) in [7, 11) is 1.88. The first-order valence-electron chi connectivity index (χ1n) is 14.9. The molecule has 0 aromatic carbocycles. The van der Waals surface area contributed by atoms with Gasteiger partial charge in [0, 0.05) is 32.6 Å². The van der Waals surface area contributed by atoms with Crippen LogP contribution in [0.5, 0.6) is 0 Å². The molecule has 216 valence electrons. The summed E-state index contributed by atoms with van der Waals surface area (Å²) in [4.78, 5) is 32.7. The summed E-state index contributed by atoms with van der Waals surface area (Å²) in [5, 5.41) is 11.0. The van der Waals surface area contributed by atoms with Crippen molar-refractivity contribution in [1.29, 1.82) is 0 Å². The molecule has 4 rings (SSSR count). The number of nitrogens with zero attached hydrogens (tertiary/aromatic N) is 4. The molecule has 4 unspecified atom stereocenters. The van der Waals surface area contributed by atoms with Gasteiger partial charge >= 0.3 is 0 Å². The van der Waals surface area contributed by atoms with Crippen molar-refractivity contribution < 1.29 is 14.0 Å². The van der Waals surface area contributed by atoms with Gasteiger partial charge in [-0.05, 0) is 43.1 Å². The van der Waals surface area contributed by atoms with Crippen LogP contribution in [0.4, 0.5) is 10.2 Å². The lowest BCUT2D eigenvalue weighted by Crippen LogP contribution is -2.64. The highest BCUT2D eigenvalue weighted by molar-refractivity contribution is 6.04. The summed E-state index contributed by atoms with van der Waals surface area (Å²) in [5.74, 6) is -0.112. The lowest BCUT2D eigenvalue weighted by molar-refractivity contribution is -0.138. The number of unbranched alkanes of at least 4 members (excludes halogenated alkanes) is 4. The number of fused-ring (bicyclic) bond motifs is 1. The molecule has 39 heavy (non-hydrogen) atoms. The van der Waals surface area contributed by atoms with Crippen LogP contribution in [-0.2, 0) is 4.79 Å². The first kappa shape index (κ1) is 29.2. The third-order valence-electron chi connectivity index (χ3n) is 9.21. The van der Waals surface area contributed by atoms with Crippen LogP contribution in [0.1, 0.15) is 94.8 Å². The van der Waals surface area contributed by atoms with Gasteiger partial charge in [-0.15, -0.1) is 5.10 Å². The molecule has 0 aliphatic carbocycles. The molecule has 0 radical (unpaired) electrons. The van der Waals surface area contributed by atoms with Gasteiger partial charge in [0.05, 0.1) is 12.4 Å². The van der Waals surface area contributed by atoms with Gasteiger partial charge in [-0.2, -0.15) is 0 Å². The summed E-state index contributed by atoms with van der Waals surface area (Å²) in [6.45, 7) is 6.70. The summed E-state index contributed by atoms with van der Waals surface area (Å²) in [6.07, 6.45) is 13.9. The minimum atomic E-state index is -0.555. The van der Waals surface area contributed by atoms with Gasteiger partial charge in [0.15, 0.2) is 17.3 Å². The predicted octanol–water partition coefficient (Wildman–Crippen LogP) is 4.17. The maximum Gasteiger partial charge on any atom is 0.259 e. The fourth-order valence-corrected chi connectivity index (χ4v) is 7.22. The highest BCUT2D eigenvalue weighted by atomic mass is 19.1. The number of carbonyl (C=O) groups excluding carboxylic acids is 2. The van der Waals surface area contributed by atoms with E-state index in [1.807, 2.05) is 11.9 Å². The topological polar surface area (TPSA) is 118 Å². The van der Waals surface area contributed by atoms with E-state index in [9.17, 15) is 14.0 Å². The lowest BCUT2D eigenvalue weighted by Gasteiger charge is -2.55. The number of hydrogen-bond acceptors (Lipinski definition) is 6. The number of nitrogens with one attached hydrogen (secondary N) is 2. The number of halogens is 1. The standard InChI is InChI=1S/C29H46FN7O2/c1-4-6-7-8-9-11-20(10-5-2)29(21-12-15-36(3)24(38)16-21)13-14-32-18-23(29)34-28(39)25-26(31)35-37-19-22(30)17-33-27(25)37/h17,19-21,23,32H,4-16,18H2,1-3H3,(H2,31,35)(H,34,39). The quantitative estimate of drug-likeness (QED) is 0.346. The number of piperidine rings is 2. The maximum atomic E-state index is 13.8. The Kier molecular flexibility index (Phi) is 9.80. The van der Waals surface area contributed by atoms with Crippen molar-refractivity contribution in [2.24, 2.45) is 17.3 Å². The van der Waals surface area contributed by atoms with E-state index in [0.717, 1.165) is 57.8 Å². The Balaban J connectivity index is 1.68. The van der Waals surface area contributed by atoms with Gasteiger partial charge in [-0.1, -0.05) is 58.8 Å². The number of aromatic nitrogens is 3. The average molecular weight is 544 g/mol. The molecule has 0 saturated carbocycles. The zero-order chi connectivity index (χ0) is 28.0.